The zero-order valence-electron chi connectivity index (χ0n) is 14.4. The van der Waals surface area contributed by atoms with Crippen molar-refractivity contribution in [2.75, 3.05) is 7.11 Å². The van der Waals surface area contributed by atoms with E-state index in [0.717, 1.165) is 22.6 Å². The summed E-state index contributed by atoms with van der Waals surface area (Å²) in [4.78, 5) is 16.9. The molecule has 1 aromatic carbocycles. The van der Waals surface area contributed by atoms with Gasteiger partial charge in [0.2, 0.25) is 0 Å². The number of methoxy groups -OCH3 is 1. The number of aryl methyl sites for hydroxylation is 2. The van der Waals surface area contributed by atoms with Crippen molar-refractivity contribution in [3.63, 3.8) is 0 Å². The molecule has 0 saturated heterocycles. The Bertz CT molecular complexity index is 883. The van der Waals surface area contributed by atoms with Crippen molar-refractivity contribution in [1.29, 1.82) is 0 Å². The summed E-state index contributed by atoms with van der Waals surface area (Å²) < 4.78 is 10.5. The predicted molar refractivity (Wildman–Crippen MR) is 93.4 cm³/mol. The van der Waals surface area contributed by atoms with Crippen LogP contribution in [0.15, 0.2) is 47.0 Å². The lowest BCUT2D eigenvalue weighted by Crippen LogP contribution is -2.24. The Kier molecular flexibility index (Phi) is 4.79. The Morgan fingerprint density at radius 1 is 1.16 bits per heavy atom. The van der Waals surface area contributed by atoms with Crippen molar-refractivity contribution in [3.05, 3.63) is 65.2 Å². The number of hydrogen-bond donors (Lipinski definition) is 1. The summed E-state index contributed by atoms with van der Waals surface area (Å²) in [5, 5.41) is 6.80. The van der Waals surface area contributed by atoms with Crippen LogP contribution < -0.4 is 10.1 Å². The molecule has 0 bridgehead atoms. The van der Waals surface area contributed by atoms with Crippen molar-refractivity contribution in [2.24, 2.45) is 0 Å². The molecule has 3 rings (SSSR count). The number of hydrogen-bond acceptors (Lipinski definition) is 5. The van der Waals surface area contributed by atoms with E-state index in [1.165, 1.54) is 0 Å². The van der Waals surface area contributed by atoms with Crippen LogP contribution in [-0.2, 0) is 6.54 Å². The Balaban J connectivity index is 1.78. The van der Waals surface area contributed by atoms with E-state index in [2.05, 4.69) is 15.5 Å². The number of rotatable bonds is 5. The van der Waals surface area contributed by atoms with Crippen LogP contribution in [0.2, 0.25) is 0 Å². The molecule has 0 spiro atoms. The van der Waals surface area contributed by atoms with Crippen molar-refractivity contribution in [2.45, 2.75) is 20.4 Å². The van der Waals surface area contributed by atoms with Gasteiger partial charge in [-0.2, -0.15) is 0 Å². The van der Waals surface area contributed by atoms with Crippen LogP contribution >= 0.6 is 0 Å². The Labute approximate surface area is 145 Å². The number of carbonyl (C=O) groups is 1. The highest BCUT2D eigenvalue weighted by Crippen LogP contribution is 2.25. The molecule has 0 fully saturated rings. The largest absolute Gasteiger partial charge is 0.496 e. The van der Waals surface area contributed by atoms with E-state index in [4.69, 9.17) is 9.26 Å². The number of amides is 1. The molecule has 25 heavy (non-hydrogen) atoms. The monoisotopic (exact) mass is 337 g/mol. The van der Waals surface area contributed by atoms with Crippen LogP contribution in [0.3, 0.4) is 0 Å². The van der Waals surface area contributed by atoms with Crippen LogP contribution in [0.25, 0.3) is 11.3 Å². The Morgan fingerprint density at radius 2 is 1.96 bits per heavy atom. The molecule has 6 nitrogen and oxygen atoms in total. The van der Waals surface area contributed by atoms with Gasteiger partial charge in [-0.3, -0.25) is 4.79 Å². The van der Waals surface area contributed by atoms with Crippen molar-refractivity contribution >= 4 is 5.91 Å². The van der Waals surface area contributed by atoms with Crippen LogP contribution in [0.1, 0.15) is 27.5 Å². The quantitative estimate of drug-likeness (QED) is 0.773. The van der Waals surface area contributed by atoms with Gasteiger partial charge < -0.3 is 14.6 Å². The van der Waals surface area contributed by atoms with Crippen molar-refractivity contribution < 1.29 is 14.1 Å². The predicted octanol–water partition coefficient (Wildman–Crippen LogP) is 3.29. The fourth-order valence-electron chi connectivity index (χ4n) is 2.66. The van der Waals surface area contributed by atoms with Crippen LogP contribution in [-0.4, -0.2) is 23.2 Å². The molecule has 128 valence electrons. The third-order valence-corrected chi connectivity index (χ3v) is 3.90. The molecule has 0 aliphatic carbocycles. The van der Waals surface area contributed by atoms with E-state index in [9.17, 15) is 4.79 Å². The number of aromatic nitrogens is 2. The molecule has 0 atom stereocenters. The maximum Gasteiger partial charge on any atom is 0.270 e. The molecule has 1 N–H and O–H groups in total. The highest BCUT2D eigenvalue weighted by atomic mass is 16.5. The number of nitrogens with one attached hydrogen (secondary N) is 1. The molecule has 1 amide bonds. The van der Waals surface area contributed by atoms with Gasteiger partial charge in [0.05, 0.1) is 24.1 Å². The van der Waals surface area contributed by atoms with E-state index >= 15 is 0 Å². The van der Waals surface area contributed by atoms with E-state index in [1.54, 1.807) is 19.2 Å². The van der Waals surface area contributed by atoms with Gasteiger partial charge in [-0.1, -0.05) is 29.4 Å². The average Bonchev–Trinajstić information content (AvgIpc) is 2.98. The summed E-state index contributed by atoms with van der Waals surface area (Å²) in [5.41, 5.74) is 3.48. The smallest absolute Gasteiger partial charge is 0.270 e. The van der Waals surface area contributed by atoms with Crippen molar-refractivity contribution in [1.82, 2.24) is 15.5 Å². The zero-order chi connectivity index (χ0) is 17.8. The number of pyridine rings is 1. The van der Waals surface area contributed by atoms with Gasteiger partial charge in [-0.25, -0.2) is 4.98 Å². The van der Waals surface area contributed by atoms with Crippen molar-refractivity contribution in [3.8, 4) is 17.0 Å². The number of carbonyl (C=O) groups excluding carboxylic acids is 1. The second-order valence-electron chi connectivity index (χ2n) is 5.60. The molecule has 6 heteroatoms. The fourth-order valence-corrected chi connectivity index (χ4v) is 2.66. The highest BCUT2D eigenvalue weighted by molar-refractivity contribution is 5.92. The summed E-state index contributed by atoms with van der Waals surface area (Å²) >= 11 is 0. The minimum absolute atomic E-state index is 0.250. The first-order valence-corrected chi connectivity index (χ1v) is 7.90. The maximum atomic E-state index is 12.5. The molecule has 3 aromatic rings. The molecule has 2 heterocycles. The molecule has 0 unspecified atom stereocenters. The van der Waals surface area contributed by atoms with Gasteiger partial charge in [0, 0.05) is 12.1 Å². The first-order valence-electron chi connectivity index (χ1n) is 7.90. The topological polar surface area (TPSA) is 77.2 Å². The number of benzene rings is 1. The molecular formula is C19H19N3O3. The maximum absolute atomic E-state index is 12.5. The SMILES string of the molecule is COc1ccccc1CNC(=O)c1cccc(-c2c(C)noc2C)n1. The lowest BCUT2D eigenvalue weighted by molar-refractivity contribution is 0.0946. The Hall–Kier alpha value is -3.15. The minimum Gasteiger partial charge on any atom is -0.496 e. The molecular weight excluding hydrogens is 318 g/mol. The highest BCUT2D eigenvalue weighted by Gasteiger charge is 2.15. The van der Waals surface area contributed by atoms with E-state index in [1.807, 2.05) is 44.2 Å². The summed E-state index contributed by atoms with van der Waals surface area (Å²) in [7, 11) is 1.61. The normalized spacial score (nSPS) is 10.5. The summed E-state index contributed by atoms with van der Waals surface area (Å²) in [6.07, 6.45) is 0. The van der Waals surface area contributed by atoms with Crippen LogP contribution in [0, 0.1) is 13.8 Å². The lowest BCUT2D eigenvalue weighted by Gasteiger charge is -2.09. The van der Waals surface area contributed by atoms with Gasteiger partial charge in [0.1, 0.15) is 17.2 Å². The molecule has 0 aliphatic heterocycles. The van der Waals surface area contributed by atoms with Crippen LogP contribution in [0.5, 0.6) is 5.75 Å². The van der Waals surface area contributed by atoms with Gasteiger partial charge >= 0.3 is 0 Å². The summed E-state index contributed by atoms with van der Waals surface area (Å²) in [6.45, 7) is 4.04. The lowest BCUT2D eigenvalue weighted by atomic mass is 10.1. The zero-order valence-corrected chi connectivity index (χ0v) is 14.4. The van der Waals surface area contributed by atoms with Crippen LogP contribution in [0.4, 0.5) is 0 Å². The summed E-state index contributed by atoms with van der Waals surface area (Å²) in [5.74, 6) is 1.16. The number of nitrogens with zero attached hydrogens (tertiary/aromatic N) is 2. The van der Waals surface area contributed by atoms with E-state index < -0.39 is 0 Å². The van der Waals surface area contributed by atoms with Gasteiger partial charge in [-0.05, 0) is 32.0 Å². The molecule has 0 aliphatic rings. The average molecular weight is 337 g/mol. The summed E-state index contributed by atoms with van der Waals surface area (Å²) in [6, 6.07) is 12.9. The second kappa shape index (κ2) is 7.17. The van der Waals surface area contributed by atoms with E-state index in [-0.39, 0.29) is 5.91 Å². The molecule has 0 saturated carbocycles. The van der Waals surface area contributed by atoms with Gasteiger partial charge in [-0.15, -0.1) is 0 Å². The second-order valence-corrected chi connectivity index (χ2v) is 5.60. The molecule has 0 radical (unpaired) electrons. The Morgan fingerprint density at radius 3 is 2.68 bits per heavy atom. The fraction of sp³-hybridized carbons (Fsp3) is 0.211. The van der Waals surface area contributed by atoms with E-state index in [0.29, 0.717) is 23.7 Å². The third-order valence-electron chi connectivity index (χ3n) is 3.90. The third kappa shape index (κ3) is 3.52. The first-order chi connectivity index (χ1) is 12.1. The standard InChI is InChI=1S/C19H19N3O3/c1-12-18(13(2)25-22-12)15-8-6-9-16(21-15)19(23)20-11-14-7-4-5-10-17(14)24-3/h4-10H,11H2,1-3H3,(H,20,23). The minimum atomic E-state index is -0.250. The number of ether oxygens (including phenoxy) is 1. The van der Waals surface area contributed by atoms with Gasteiger partial charge in [0.25, 0.3) is 5.91 Å². The first kappa shape index (κ1) is 16.7. The van der Waals surface area contributed by atoms with Gasteiger partial charge in [0.15, 0.2) is 0 Å². The molecule has 2 aromatic heterocycles. The number of para-hydroxylation sites is 1.